The van der Waals surface area contributed by atoms with Crippen LogP contribution in [0.3, 0.4) is 0 Å². The molecule has 0 saturated carbocycles. The number of rotatable bonds is 12. The Balaban J connectivity index is 0.000000577. The number of aromatic hydroxyl groups is 3. The molecule has 3 N–H and O–H groups in total. The summed E-state index contributed by atoms with van der Waals surface area (Å²) in [6, 6.07) is 10.9. The SMILES string of the molecule is C[Si](C)(C)CCOCCl.C[Si](C)(C)CCOCOc1cc(C=O)ccc1O.O=Cc1ccc(O)c(O)c1. The maximum Gasteiger partial charge on any atom is 0.189 e. The molecule has 0 unspecified atom stereocenters. The number of hydrogen-bond acceptors (Lipinski definition) is 8. The van der Waals surface area contributed by atoms with Gasteiger partial charge in [0.15, 0.2) is 29.8 Å². The van der Waals surface area contributed by atoms with Crippen LogP contribution in [0.2, 0.25) is 51.4 Å². The summed E-state index contributed by atoms with van der Waals surface area (Å²) in [7, 11) is -1.97. The number of carbonyl (C=O) groups excluding carboxylic acids is 2. The van der Waals surface area contributed by atoms with Crippen LogP contribution in [0, 0.1) is 0 Å². The second-order valence-corrected chi connectivity index (χ2v) is 22.0. The van der Waals surface area contributed by atoms with E-state index in [9.17, 15) is 14.7 Å². The fraction of sp³-hybridized carbons (Fsp3) is 0.462. The van der Waals surface area contributed by atoms with E-state index in [0.717, 1.165) is 12.7 Å². The van der Waals surface area contributed by atoms with Crippen molar-refractivity contribution in [2.24, 2.45) is 0 Å². The first kappa shape index (κ1) is 34.6. The van der Waals surface area contributed by atoms with Gasteiger partial charge in [0, 0.05) is 40.5 Å². The quantitative estimate of drug-likeness (QED) is 0.0672. The molecule has 0 aliphatic rings. The zero-order chi connectivity index (χ0) is 28.5. The minimum Gasteiger partial charge on any atom is -0.504 e. The van der Waals surface area contributed by atoms with Gasteiger partial charge in [0.25, 0.3) is 0 Å². The van der Waals surface area contributed by atoms with Gasteiger partial charge in [0.2, 0.25) is 0 Å². The van der Waals surface area contributed by atoms with Crippen LogP contribution in [-0.4, -0.2) is 70.1 Å². The zero-order valence-electron chi connectivity index (χ0n) is 22.6. The summed E-state index contributed by atoms with van der Waals surface area (Å²) in [6.07, 6.45) is 1.30. The Kier molecular flexibility index (Phi) is 16.8. The molecule has 0 aliphatic heterocycles. The molecule has 0 spiro atoms. The van der Waals surface area contributed by atoms with Gasteiger partial charge in [0.1, 0.15) is 18.6 Å². The molecule has 2 aromatic carbocycles. The summed E-state index contributed by atoms with van der Waals surface area (Å²) >= 11 is 5.32. The lowest BCUT2D eigenvalue weighted by atomic mass is 10.2. The Morgan fingerprint density at radius 2 is 1.22 bits per heavy atom. The van der Waals surface area contributed by atoms with Gasteiger partial charge in [-0.05, 0) is 48.5 Å². The number of hydrogen-bond donors (Lipinski definition) is 3. The van der Waals surface area contributed by atoms with Crippen molar-refractivity contribution >= 4 is 40.3 Å². The van der Waals surface area contributed by atoms with Gasteiger partial charge in [-0.25, -0.2) is 0 Å². The first-order chi connectivity index (χ1) is 17.2. The fourth-order valence-electron chi connectivity index (χ4n) is 2.31. The van der Waals surface area contributed by atoms with Gasteiger partial charge < -0.3 is 29.5 Å². The smallest absolute Gasteiger partial charge is 0.189 e. The first-order valence-electron chi connectivity index (χ1n) is 11.8. The third kappa shape index (κ3) is 18.5. The van der Waals surface area contributed by atoms with E-state index in [2.05, 4.69) is 39.3 Å². The molecule has 0 fully saturated rings. The molecule has 0 aromatic heterocycles. The van der Waals surface area contributed by atoms with Crippen LogP contribution in [0.25, 0.3) is 0 Å². The monoisotopic (exact) mass is 572 g/mol. The Labute approximate surface area is 227 Å². The van der Waals surface area contributed by atoms with Crippen molar-refractivity contribution in [2.75, 3.05) is 26.1 Å². The molecule has 2 aromatic rings. The number of carbonyl (C=O) groups is 2. The van der Waals surface area contributed by atoms with Crippen LogP contribution in [0.5, 0.6) is 23.0 Å². The molecule has 37 heavy (non-hydrogen) atoms. The molecular formula is C26H41ClO8Si2. The molecular weight excluding hydrogens is 532 g/mol. The number of alkyl halides is 1. The molecule has 208 valence electrons. The van der Waals surface area contributed by atoms with Crippen molar-refractivity contribution in [3.63, 3.8) is 0 Å². The van der Waals surface area contributed by atoms with E-state index in [1.54, 1.807) is 0 Å². The summed E-state index contributed by atoms with van der Waals surface area (Å²) < 4.78 is 15.6. The topological polar surface area (TPSA) is 123 Å². The first-order valence-corrected chi connectivity index (χ1v) is 19.8. The van der Waals surface area contributed by atoms with Crippen molar-refractivity contribution in [2.45, 2.75) is 51.4 Å². The van der Waals surface area contributed by atoms with Crippen LogP contribution in [0.4, 0.5) is 0 Å². The lowest BCUT2D eigenvalue weighted by Gasteiger charge is -2.15. The summed E-state index contributed by atoms with van der Waals surface area (Å²) in [6.45, 7) is 15.4. The summed E-state index contributed by atoms with van der Waals surface area (Å²) in [5, 5.41) is 27.1. The molecule has 0 radical (unpaired) electrons. The standard InChI is InChI=1S/C13H20O4Si.C7H6O3.C6H15ClOSi/c1-18(2,3)7-6-16-10-17-13-8-11(9-14)4-5-12(13)15;8-4-5-1-2-6(9)7(10)3-5;1-9(2,3)5-4-8-6-7/h4-5,8-9,15H,6-7,10H2,1-3H3;1-4,9-10H;4-6H2,1-3H3. The van der Waals surface area contributed by atoms with E-state index in [4.69, 9.17) is 36.0 Å². The maximum absolute atomic E-state index is 10.6. The zero-order valence-corrected chi connectivity index (χ0v) is 25.4. The molecule has 0 amide bonds. The Bertz CT molecular complexity index is 943. The molecule has 0 bridgehead atoms. The summed E-state index contributed by atoms with van der Waals surface area (Å²) in [5.74, 6) is -0.211. The molecule has 11 heteroatoms. The van der Waals surface area contributed by atoms with Crippen molar-refractivity contribution < 1.29 is 39.1 Å². The van der Waals surface area contributed by atoms with Crippen LogP contribution in [0.1, 0.15) is 20.7 Å². The van der Waals surface area contributed by atoms with E-state index < -0.39 is 16.1 Å². The molecule has 0 atom stereocenters. The van der Waals surface area contributed by atoms with E-state index in [0.29, 0.717) is 36.4 Å². The third-order valence-corrected chi connectivity index (χ3v) is 8.19. The van der Waals surface area contributed by atoms with E-state index >= 15 is 0 Å². The minimum atomic E-state index is -1.09. The van der Waals surface area contributed by atoms with Crippen molar-refractivity contribution in [1.29, 1.82) is 0 Å². The molecule has 8 nitrogen and oxygen atoms in total. The Morgan fingerprint density at radius 3 is 1.68 bits per heavy atom. The Hall–Kier alpha value is -2.38. The number of halogens is 1. The van der Waals surface area contributed by atoms with Crippen molar-refractivity contribution in [1.82, 2.24) is 0 Å². The van der Waals surface area contributed by atoms with Crippen LogP contribution >= 0.6 is 11.6 Å². The summed E-state index contributed by atoms with van der Waals surface area (Å²) in [5.41, 5.74) is 0.806. The third-order valence-electron chi connectivity index (χ3n) is 4.62. The maximum atomic E-state index is 10.6. The highest BCUT2D eigenvalue weighted by Crippen LogP contribution is 2.26. The highest BCUT2D eigenvalue weighted by Gasteiger charge is 2.12. The average molecular weight is 573 g/mol. The number of phenols is 3. The normalized spacial score (nSPS) is 10.9. The highest BCUT2D eigenvalue weighted by molar-refractivity contribution is 6.76. The minimum absolute atomic E-state index is 0.00870. The number of ether oxygens (including phenoxy) is 3. The van der Waals surface area contributed by atoms with Gasteiger partial charge in [0.05, 0.1) is 0 Å². The van der Waals surface area contributed by atoms with Gasteiger partial charge in [-0.1, -0.05) is 50.9 Å². The lowest BCUT2D eigenvalue weighted by Crippen LogP contribution is -2.22. The van der Waals surface area contributed by atoms with E-state index in [1.807, 2.05) is 0 Å². The second-order valence-electron chi connectivity index (χ2n) is 10.5. The largest absolute Gasteiger partial charge is 0.504 e. The van der Waals surface area contributed by atoms with Crippen molar-refractivity contribution in [3.8, 4) is 23.0 Å². The fourth-order valence-corrected chi connectivity index (χ4v) is 3.93. The van der Waals surface area contributed by atoms with E-state index in [1.165, 1.54) is 42.4 Å². The van der Waals surface area contributed by atoms with Crippen LogP contribution < -0.4 is 4.74 Å². The Morgan fingerprint density at radius 1 is 0.730 bits per heavy atom. The molecule has 2 rings (SSSR count). The number of benzene rings is 2. The molecule has 0 heterocycles. The second kappa shape index (κ2) is 18.0. The predicted octanol–water partition coefficient (Wildman–Crippen LogP) is 6.34. The number of phenolic OH excluding ortho intramolecular Hbond substituents is 3. The number of aldehydes is 2. The van der Waals surface area contributed by atoms with Crippen LogP contribution in [-0.2, 0) is 9.47 Å². The highest BCUT2D eigenvalue weighted by atomic mass is 35.5. The summed E-state index contributed by atoms with van der Waals surface area (Å²) in [4.78, 5) is 20.7. The van der Waals surface area contributed by atoms with Gasteiger partial charge >= 0.3 is 0 Å². The molecule has 0 aliphatic carbocycles. The molecule has 0 saturated heterocycles. The van der Waals surface area contributed by atoms with Gasteiger partial charge in [-0.15, -0.1) is 0 Å². The van der Waals surface area contributed by atoms with E-state index in [-0.39, 0.29) is 29.8 Å². The van der Waals surface area contributed by atoms with Crippen molar-refractivity contribution in [3.05, 3.63) is 47.5 Å². The average Bonchev–Trinajstić information content (AvgIpc) is 2.81. The lowest BCUT2D eigenvalue weighted by molar-refractivity contribution is 0.0205. The van der Waals surface area contributed by atoms with Gasteiger partial charge in [-0.3, -0.25) is 9.59 Å². The predicted molar refractivity (Wildman–Crippen MR) is 153 cm³/mol. The van der Waals surface area contributed by atoms with Crippen LogP contribution in [0.15, 0.2) is 36.4 Å². The van der Waals surface area contributed by atoms with Gasteiger partial charge in [-0.2, -0.15) is 0 Å².